The highest BCUT2D eigenvalue weighted by molar-refractivity contribution is 8.19. The van der Waals surface area contributed by atoms with E-state index < -0.39 is 18.0 Å². The highest BCUT2D eigenvalue weighted by Gasteiger charge is 2.36. The number of hydrogen-bond donors (Lipinski definition) is 1. The molecular formula is C21H19NO6S. The molecule has 1 aliphatic rings. The summed E-state index contributed by atoms with van der Waals surface area (Å²) in [7, 11) is 1.43. The number of hydrogen-bond acceptors (Lipinski definition) is 6. The average molecular weight is 413 g/mol. The Morgan fingerprint density at radius 1 is 1.17 bits per heavy atom. The number of benzene rings is 2. The van der Waals surface area contributed by atoms with Crippen LogP contribution in [-0.2, 0) is 9.59 Å². The highest BCUT2D eigenvalue weighted by Crippen LogP contribution is 2.37. The van der Waals surface area contributed by atoms with Crippen molar-refractivity contribution in [3.8, 4) is 11.5 Å². The van der Waals surface area contributed by atoms with Gasteiger partial charge in [-0.1, -0.05) is 18.2 Å². The third-order valence-corrected chi connectivity index (χ3v) is 5.06. The highest BCUT2D eigenvalue weighted by atomic mass is 32.2. The zero-order chi connectivity index (χ0) is 21.1. The molecule has 0 spiro atoms. The van der Waals surface area contributed by atoms with Crippen LogP contribution in [0.5, 0.6) is 11.5 Å². The van der Waals surface area contributed by atoms with Gasteiger partial charge < -0.3 is 14.6 Å². The van der Waals surface area contributed by atoms with Gasteiger partial charge in [-0.25, -0.2) is 9.69 Å². The molecule has 0 aromatic heterocycles. The summed E-state index contributed by atoms with van der Waals surface area (Å²) >= 11 is 0.858. The molecule has 0 radical (unpaired) electrons. The van der Waals surface area contributed by atoms with E-state index in [0.717, 1.165) is 22.2 Å². The minimum absolute atomic E-state index is 0.271. The topological polar surface area (TPSA) is 93.1 Å². The summed E-state index contributed by atoms with van der Waals surface area (Å²) < 4.78 is 10.6. The fraction of sp³-hybridized carbons (Fsp3) is 0.190. The molecule has 1 saturated heterocycles. The predicted octanol–water partition coefficient (Wildman–Crippen LogP) is 4.10. The molecule has 1 fully saturated rings. The molecule has 150 valence electrons. The van der Waals surface area contributed by atoms with Crippen LogP contribution in [0.3, 0.4) is 0 Å². The van der Waals surface area contributed by atoms with E-state index >= 15 is 0 Å². The normalized spacial score (nSPS) is 16.2. The molecule has 1 heterocycles. The monoisotopic (exact) mass is 413 g/mol. The van der Waals surface area contributed by atoms with E-state index in [-0.39, 0.29) is 15.9 Å². The Morgan fingerprint density at radius 3 is 2.59 bits per heavy atom. The quantitative estimate of drug-likeness (QED) is 0.713. The summed E-state index contributed by atoms with van der Waals surface area (Å²) in [5.41, 5.74) is 2.09. The van der Waals surface area contributed by atoms with E-state index in [9.17, 15) is 14.4 Å². The molecule has 0 saturated carbocycles. The van der Waals surface area contributed by atoms with Gasteiger partial charge in [-0.15, -0.1) is 0 Å². The smallest absolute Gasteiger partial charge is 0.344 e. The van der Waals surface area contributed by atoms with Crippen LogP contribution in [0.1, 0.15) is 18.1 Å². The number of carbonyl (C=O) groups excluding carboxylic acids is 2. The fourth-order valence-corrected chi connectivity index (χ4v) is 3.56. The number of carboxylic acids is 1. The van der Waals surface area contributed by atoms with Crippen molar-refractivity contribution >= 4 is 40.6 Å². The molecule has 1 atom stereocenters. The van der Waals surface area contributed by atoms with Crippen molar-refractivity contribution in [3.05, 3.63) is 58.5 Å². The number of imide groups is 1. The second-order valence-corrected chi connectivity index (χ2v) is 7.36. The van der Waals surface area contributed by atoms with E-state index in [2.05, 4.69) is 0 Å². The molecule has 0 bridgehead atoms. The van der Waals surface area contributed by atoms with Crippen molar-refractivity contribution in [2.45, 2.75) is 20.0 Å². The number of anilines is 1. The molecule has 1 N–H and O–H groups in total. The Labute approximate surface area is 171 Å². The number of carbonyl (C=O) groups is 3. The fourth-order valence-electron chi connectivity index (χ4n) is 2.72. The lowest BCUT2D eigenvalue weighted by molar-refractivity contribution is -0.144. The van der Waals surface area contributed by atoms with Gasteiger partial charge in [-0.05, 0) is 67.1 Å². The number of carboxylic acid groups (broad SMARTS) is 1. The first-order valence-electron chi connectivity index (χ1n) is 8.72. The standard InChI is InChI=1S/C21H19NO6S/c1-12-5-4-6-15(9-12)22-19(23)18(29-21(22)26)11-14-7-8-16(17(10-14)27-3)28-13(2)20(24)25/h4-11,13H,1-3H3,(H,24,25)/b18-11+. The molecule has 3 rings (SSSR count). The lowest BCUT2D eigenvalue weighted by Gasteiger charge is -2.14. The maximum Gasteiger partial charge on any atom is 0.344 e. The minimum atomic E-state index is -1.10. The number of ether oxygens (including phenoxy) is 2. The third-order valence-electron chi connectivity index (χ3n) is 4.19. The molecule has 2 aromatic carbocycles. The Balaban J connectivity index is 1.87. The molecular weight excluding hydrogens is 394 g/mol. The van der Waals surface area contributed by atoms with Crippen LogP contribution in [0.2, 0.25) is 0 Å². The van der Waals surface area contributed by atoms with Gasteiger partial charge in [0.25, 0.3) is 11.1 Å². The number of aryl methyl sites for hydroxylation is 1. The Morgan fingerprint density at radius 2 is 1.93 bits per heavy atom. The molecule has 2 aromatic rings. The number of amides is 2. The molecule has 2 amide bonds. The largest absolute Gasteiger partial charge is 0.493 e. The SMILES string of the molecule is COc1cc(/C=C2/SC(=O)N(c3cccc(C)c3)C2=O)ccc1OC(C)C(=O)O. The first-order valence-corrected chi connectivity index (χ1v) is 9.54. The first kappa shape index (κ1) is 20.5. The van der Waals surface area contributed by atoms with Gasteiger partial charge in [0.2, 0.25) is 0 Å². The summed E-state index contributed by atoms with van der Waals surface area (Å²) in [5, 5.41) is 8.62. The third kappa shape index (κ3) is 4.43. The van der Waals surface area contributed by atoms with E-state index in [1.165, 1.54) is 14.0 Å². The summed E-state index contributed by atoms with van der Waals surface area (Å²) in [6.07, 6.45) is 0.550. The van der Waals surface area contributed by atoms with Gasteiger partial charge >= 0.3 is 5.97 Å². The van der Waals surface area contributed by atoms with Gasteiger partial charge in [0.1, 0.15) is 0 Å². The summed E-state index contributed by atoms with van der Waals surface area (Å²) in [5.74, 6) is -0.900. The van der Waals surface area contributed by atoms with Crippen LogP contribution in [0, 0.1) is 6.92 Å². The zero-order valence-electron chi connectivity index (χ0n) is 16.0. The maximum absolute atomic E-state index is 12.8. The predicted molar refractivity (Wildman–Crippen MR) is 110 cm³/mol. The molecule has 8 heteroatoms. The van der Waals surface area contributed by atoms with Crippen molar-refractivity contribution in [2.75, 3.05) is 12.0 Å². The van der Waals surface area contributed by atoms with E-state index in [1.54, 1.807) is 42.5 Å². The first-order chi connectivity index (χ1) is 13.8. The molecule has 1 aliphatic heterocycles. The zero-order valence-corrected chi connectivity index (χ0v) is 16.9. The van der Waals surface area contributed by atoms with Crippen LogP contribution in [0.25, 0.3) is 6.08 Å². The van der Waals surface area contributed by atoms with Crippen LogP contribution >= 0.6 is 11.8 Å². The number of rotatable bonds is 6. The molecule has 29 heavy (non-hydrogen) atoms. The number of thioether (sulfide) groups is 1. The van der Waals surface area contributed by atoms with Crippen molar-refractivity contribution in [1.82, 2.24) is 0 Å². The van der Waals surface area contributed by atoms with Crippen molar-refractivity contribution in [1.29, 1.82) is 0 Å². The van der Waals surface area contributed by atoms with E-state index in [0.29, 0.717) is 17.0 Å². The molecule has 1 unspecified atom stereocenters. The van der Waals surface area contributed by atoms with Crippen molar-refractivity contribution < 1.29 is 29.0 Å². The number of nitrogens with zero attached hydrogens (tertiary/aromatic N) is 1. The number of methoxy groups -OCH3 is 1. The van der Waals surface area contributed by atoms with Crippen LogP contribution in [0.15, 0.2) is 47.4 Å². The Kier molecular flexibility index (Phi) is 5.93. The van der Waals surface area contributed by atoms with Crippen LogP contribution in [-0.4, -0.2) is 35.4 Å². The number of aliphatic carboxylic acids is 1. The van der Waals surface area contributed by atoms with Crippen LogP contribution < -0.4 is 14.4 Å². The van der Waals surface area contributed by atoms with Crippen molar-refractivity contribution in [2.24, 2.45) is 0 Å². The minimum Gasteiger partial charge on any atom is -0.493 e. The summed E-state index contributed by atoms with van der Waals surface area (Å²) in [4.78, 5) is 37.6. The molecule has 0 aliphatic carbocycles. The lowest BCUT2D eigenvalue weighted by atomic mass is 10.1. The van der Waals surface area contributed by atoms with E-state index in [4.69, 9.17) is 14.6 Å². The average Bonchev–Trinajstić information content (AvgIpc) is 2.95. The van der Waals surface area contributed by atoms with Gasteiger partial charge in [-0.3, -0.25) is 9.59 Å². The van der Waals surface area contributed by atoms with Gasteiger partial charge in [0.05, 0.1) is 17.7 Å². The lowest BCUT2D eigenvalue weighted by Crippen LogP contribution is -2.27. The summed E-state index contributed by atoms with van der Waals surface area (Å²) in [6.45, 7) is 3.30. The molecule has 7 nitrogen and oxygen atoms in total. The van der Waals surface area contributed by atoms with Gasteiger partial charge in [0.15, 0.2) is 17.6 Å². The van der Waals surface area contributed by atoms with Crippen LogP contribution in [0.4, 0.5) is 10.5 Å². The summed E-state index contributed by atoms with van der Waals surface area (Å²) in [6, 6.07) is 12.0. The second-order valence-electron chi connectivity index (χ2n) is 6.36. The van der Waals surface area contributed by atoms with Crippen molar-refractivity contribution in [3.63, 3.8) is 0 Å². The van der Waals surface area contributed by atoms with Gasteiger partial charge in [0, 0.05) is 0 Å². The Hall–Kier alpha value is -3.26. The Bertz CT molecular complexity index is 1020. The maximum atomic E-state index is 12.8. The van der Waals surface area contributed by atoms with E-state index in [1.807, 2.05) is 13.0 Å². The second kappa shape index (κ2) is 8.40. The van der Waals surface area contributed by atoms with Gasteiger partial charge in [-0.2, -0.15) is 0 Å².